The van der Waals surface area contributed by atoms with E-state index in [1.807, 2.05) is 23.5 Å². The second-order valence-electron chi connectivity index (χ2n) is 5.31. The van der Waals surface area contributed by atoms with Gasteiger partial charge >= 0.3 is 0 Å². The summed E-state index contributed by atoms with van der Waals surface area (Å²) in [6.45, 7) is 7.23. The van der Waals surface area contributed by atoms with E-state index < -0.39 is 0 Å². The highest BCUT2D eigenvalue weighted by Crippen LogP contribution is 2.25. The summed E-state index contributed by atoms with van der Waals surface area (Å²) in [6, 6.07) is 0.225. The third-order valence-electron chi connectivity index (χ3n) is 3.95. The second-order valence-corrected chi connectivity index (χ2v) is 6.06. The highest BCUT2D eigenvalue weighted by Gasteiger charge is 2.20. The zero-order chi connectivity index (χ0) is 15.6. The van der Waals surface area contributed by atoms with Crippen molar-refractivity contribution >= 4 is 15.9 Å². The largest absolute Gasteiger partial charge is 0.309 e. The molecule has 1 N–H and O–H groups in total. The molecule has 1 atom stereocenters. The van der Waals surface area contributed by atoms with Crippen LogP contribution in [-0.2, 0) is 20.5 Å². The van der Waals surface area contributed by atoms with Crippen LogP contribution in [0.2, 0.25) is 0 Å². The van der Waals surface area contributed by atoms with Gasteiger partial charge in [0.1, 0.15) is 0 Å². The van der Waals surface area contributed by atoms with E-state index in [4.69, 9.17) is 0 Å². The first-order valence-electron chi connectivity index (χ1n) is 7.23. The Morgan fingerprint density at radius 2 is 1.95 bits per heavy atom. The molecule has 2 heterocycles. The molecule has 0 amide bonds. The monoisotopic (exact) mass is 354 g/mol. The number of nitrogens with zero attached hydrogens (tertiary/aromatic N) is 5. The maximum absolute atomic E-state index is 4.49. The Morgan fingerprint density at radius 3 is 2.43 bits per heavy atom. The van der Waals surface area contributed by atoms with Crippen molar-refractivity contribution in [1.82, 2.24) is 30.1 Å². The average molecular weight is 355 g/mol. The fraction of sp³-hybridized carbons (Fsp3) is 0.643. The SMILES string of the molecule is CCNC(CCc1c(C)nn(C)c1C)c1c(Br)nnn1C. The van der Waals surface area contributed by atoms with Crippen molar-refractivity contribution in [2.75, 3.05) is 6.54 Å². The van der Waals surface area contributed by atoms with E-state index in [-0.39, 0.29) is 6.04 Å². The zero-order valence-electron chi connectivity index (χ0n) is 13.3. The normalized spacial score (nSPS) is 12.9. The van der Waals surface area contributed by atoms with Gasteiger partial charge in [0.25, 0.3) is 0 Å². The van der Waals surface area contributed by atoms with Gasteiger partial charge in [-0.3, -0.25) is 4.68 Å². The van der Waals surface area contributed by atoms with E-state index in [9.17, 15) is 0 Å². The number of hydrogen-bond donors (Lipinski definition) is 1. The predicted molar refractivity (Wildman–Crippen MR) is 86.1 cm³/mol. The minimum Gasteiger partial charge on any atom is -0.309 e. The lowest BCUT2D eigenvalue weighted by Gasteiger charge is -2.18. The molecule has 2 aromatic heterocycles. The number of halogens is 1. The molecule has 0 fully saturated rings. The van der Waals surface area contributed by atoms with Crippen LogP contribution < -0.4 is 5.32 Å². The molecule has 1 unspecified atom stereocenters. The third kappa shape index (κ3) is 3.35. The Bertz CT molecular complexity index is 596. The molecule has 0 aliphatic heterocycles. The van der Waals surface area contributed by atoms with Gasteiger partial charge < -0.3 is 5.32 Å². The molecular weight excluding hydrogens is 332 g/mol. The summed E-state index contributed by atoms with van der Waals surface area (Å²) < 4.78 is 4.60. The number of aromatic nitrogens is 5. The minimum absolute atomic E-state index is 0.225. The van der Waals surface area contributed by atoms with Gasteiger partial charge in [0.05, 0.1) is 17.4 Å². The highest BCUT2D eigenvalue weighted by atomic mass is 79.9. The topological polar surface area (TPSA) is 60.6 Å². The molecule has 2 rings (SSSR count). The molecule has 6 nitrogen and oxygen atoms in total. The van der Waals surface area contributed by atoms with Gasteiger partial charge in [-0.2, -0.15) is 5.10 Å². The molecule has 0 aromatic carbocycles. The Hall–Kier alpha value is -1.21. The molecule has 0 aliphatic rings. The molecular formula is C14H23BrN6. The van der Waals surface area contributed by atoms with Crippen LogP contribution in [0.4, 0.5) is 0 Å². The van der Waals surface area contributed by atoms with Crippen molar-refractivity contribution in [3.8, 4) is 0 Å². The van der Waals surface area contributed by atoms with Crippen molar-refractivity contribution in [3.05, 3.63) is 27.2 Å². The first-order chi connectivity index (χ1) is 9.95. The quantitative estimate of drug-likeness (QED) is 0.863. The van der Waals surface area contributed by atoms with E-state index >= 15 is 0 Å². The van der Waals surface area contributed by atoms with Gasteiger partial charge in [0.15, 0.2) is 4.60 Å². The molecule has 7 heteroatoms. The first kappa shape index (κ1) is 16.2. The van der Waals surface area contributed by atoms with Gasteiger partial charge in [-0.25, -0.2) is 4.68 Å². The van der Waals surface area contributed by atoms with Crippen LogP contribution in [-0.4, -0.2) is 31.3 Å². The predicted octanol–water partition coefficient (Wildman–Crippen LogP) is 2.21. The maximum Gasteiger partial charge on any atom is 0.153 e. The van der Waals surface area contributed by atoms with Crippen molar-refractivity contribution in [2.45, 2.75) is 39.7 Å². The molecule has 0 radical (unpaired) electrons. The molecule has 2 aromatic rings. The second kappa shape index (κ2) is 6.70. The smallest absolute Gasteiger partial charge is 0.153 e. The summed E-state index contributed by atoms with van der Waals surface area (Å²) in [5.74, 6) is 0. The summed E-state index contributed by atoms with van der Waals surface area (Å²) in [7, 11) is 3.92. The van der Waals surface area contributed by atoms with Gasteiger partial charge in [0, 0.05) is 19.8 Å². The minimum atomic E-state index is 0.225. The zero-order valence-corrected chi connectivity index (χ0v) is 14.9. The van der Waals surface area contributed by atoms with Crippen LogP contribution >= 0.6 is 15.9 Å². The first-order valence-corrected chi connectivity index (χ1v) is 8.02. The summed E-state index contributed by atoms with van der Waals surface area (Å²) in [5, 5.41) is 16.2. The van der Waals surface area contributed by atoms with Crippen molar-refractivity contribution in [1.29, 1.82) is 0 Å². The van der Waals surface area contributed by atoms with Gasteiger partial charge in [-0.15, -0.1) is 5.10 Å². The Labute approximate surface area is 134 Å². The van der Waals surface area contributed by atoms with Crippen LogP contribution in [0.25, 0.3) is 0 Å². The highest BCUT2D eigenvalue weighted by molar-refractivity contribution is 9.10. The Balaban J connectivity index is 2.18. The summed E-state index contributed by atoms with van der Waals surface area (Å²) in [4.78, 5) is 0. The van der Waals surface area contributed by atoms with Crippen LogP contribution in [0.15, 0.2) is 4.60 Å². The summed E-state index contributed by atoms with van der Waals surface area (Å²) in [5.41, 5.74) is 4.79. The number of rotatable bonds is 6. The lowest BCUT2D eigenvalue weighted by atomic mass is 10.0. The number of nitrogens with one attached hydrogen (secondary N) is 1. The molecule has 0 bridgehead atoms. The van der Waals surface area contributed by atoms with Gasteiger partial charge in [-0.05, 0) is 54.7 Å². The summed E-state index contributed by atoms with van der Waals surface area (Å²) >= 11 is 3.50. The van der Waals surface area contributed by atoms with Gasteiger partial charge in [-0.1, -0.05) is 12.1 Å². The molecule has 116 valence electrons. The van der Waals surface area contributed by atoms with Crippen molar-refractivity contribution in [3.63, 3.8) is 0 Å². The molecule has 21 heavy (non-hydrogen) atoms. The van der Waals surface area contributed by atoms with E-state index in [0.717, 1.165) is 35.4 Å². The van der Waals surface area contributed by atoms with E-state index in [1.165, 1.54) is 11.3 Å². The number of aryl methyl sites for hydroxylation is 3. The van der Waals surface area contributed by atoms with E-state index in [0.29, 0.717) is 0 Å². The van der Waals surface area contributed by atoms with Crippen LogP contribution in [0.5, 0.6) is 0 Å². The third-order valence-corrected chi connectivity index (χ3v) is 4.51. The van der Waals surface area contributed by atoms with Crippen LogP contribution in [0.3, 0.4) is 0 Å². The Morgan fingerprint density at radius 1 is 1.24 bits per heavy atom. The van der Waals surface area contributed by atoms with E-state index in [1.54, 1.807) is 0 Å². The lowest BCUT2D eigenvalue weighted by Crippen LogP contribution is -2.24. The van der Waals surface area contributed by atoms with Gasteiger partial charge in [0.2, 0.25) is 0 Å². The lowest BCUT2D eigenvalue weighted by molar-refractivity contribution is 0.477. The van der Waals surface area contributed by atoms with Crippen molar-refractivity contribution < 1.29 is 0 Å². The standard InChI is InChI=1S/C14H23BrN6/c1-6-16-12(13-14(15)17-19-21(13)5)8-7-11-9(2)18-20(4)10(11)3/h12,16H,6-8H2,1-5H3. The van der Waals surface area contributed by atoms with Crippen LogP contribution in [0.1, 0.15) is 42.0 Å². The van der Waals surface area contributed by atoms with E-state index in [2.05, 4.69) is 57.4 Å². The fourth-order valence-electron chi connectivity index (χ4n) is 2.76. The Kier molecular flexibility index (Phi) is 5.16. The van der Waals surface area contributed by atoms with Crippen molar-refractivity contribution in [2.24, 2.45) is 14.1 Å². The number of hydrogen-bond acceptors (Lipinski definition) is 4. The van der Waals surface area contributed by atoms with Crippen LogP contribution in [0, 0.1) is 13.8 Å². The average Bonchev–Trinajstić information content (AvgIpc) is 2.88. The molecule has 0 spiro atoms. The fourth-order valence-corrected chi connectivity index (χ4v) is 3.36. The molecule has 0 saturated heterocycles. The molecule has 0 saturated carbocycles. The maximum atomic E-state index is 4.49. The summed E-state index contributed by atoms with van der Waals surface area (Å²) in [6.07, 6.45) is 1.97. The molecule has 0 aliphatic carbocycles.